The number of hydrogen-bond acceptors (Lipinski definition) is 3. The Morgan fingerprint density at radius 1 is 1.13 bits per heavy atom. The molecule has 1 N–H and O–H groups in total. The van der Waals surface area contributed by atoms with Crippen molar-refractivity contribution in [2.75, 3.05) is 13.1 Å². The smallest absolute Gasteiger partial charge is 0.148 e. The summed E-state index contributed by atoms with van der Waals surface area (Å²) in [6.07, 6.45) is 5.06. The highest BCUT2D eigenvalue weighted by molar-refractivity contribution is 6.30. The van der Waals surface area contributed by atoms with Gasteiger partial charge in [0.15, 0.2) is 0 Å². The fourth-order valence-electron chi connectivity index (χ4n) is 4.43. The molecule has 1 aromatic heterocycles. The molecule has 0 amide bonds. The number of aromatic nitrogens is 2. The van der Waals surface area contributed by atoms with Crippen LogP contribution in [-0.2, 0) is 13.2 Å². The minimum Gasteiger partial charge on any atom is -0.486 e. The van der Waals surface area contributed by atoms with Crippen LogP contribution in [0.1, 0.15) is 56.8 Å². The van der Waals surface area contributed by atoms with Crippen molar-refractivity contribution in [2.24, 2.45) is 5.92 Å². The van der Waals surface area contributed by atoms with Crippen LogP contribution in [0.3, 0.4) is 0 Å². The molecule has 0 bridgehead atoms. The fourth-order valence-corrected chi connectivity index (χ4v) is 4.56. The van der Waals surface area contributed by atoms with E-state index in [0.717, 1.165) is 42.6 Å². The van der Waals surface area contributed by atoms with Crippen LogP contribution in [0.4, 0.5) is 0 Å². The zero-order chi connectivity index (χ0) is 20.9. The van der Waals surface area contributed by atoms with E-state index >= 15 is 0 Å². The van der Waals surface area contributed by atoms with Gasteiger partial charge in [0.25, 0.3) is 0 Å². The van der Waals surface area contributed by atoms with Crippen LogP contribution >= 0.6 is 11.6 Å². The molecule has 3 aromatic rings. The minimum absolute atomic E-state index is 0.442. The predicted molar refractivity (Wildman–Crippen MR) is 124 cm³/mol. The van der Waals surface area contributed by atoms with Crippen LogP contribution in [0.2, 0.25) is 5.02 Å². The van der Waals surface area contributed by atoms with E-state index in [-0.39, 0.29) is 0 Å². The summed E-state index contributed by atoms with van der Waals surface area (Å²) >= 11 is 6.00. The van der Waals surface area contributed by atoms with Crippen LogP contribution in [0, 0.1) is 5.92 Å². The molecule has 1 aliphatic heterocycles. The number of aryl methyl sites for hydroxylation is 1. The molecule has 5 heteroatoms. The lowest BCUT2D eigenvalue weighted by atomic mass is 9.93. The first-order valence-corrected chi connectivity index (χ1v) is 11.6. The van der Waals surface area contributed by atoms with Crippen LogP contribution in [0.15, 0.2) is 42.5 Å². The molecule has 1 fully saturated rings. The zero-order valence-corrected chi connectivity index (χ0v) is 18.8. The Morgan fingerprint density at radius 2 is 1.90 bits per heavy atom. The maximum atomic E-state index is 6.06. The van der Waals surface area contributed by atoms with Crippen molar-refractivity contribution in [1.82, 2.24) is 14.9 Å². The molecule has 30 heavy (non-hydrogen) atoms. The number of hydrogen-bond donors (Lipinski definition) is 1. The van der Waals surface area contributed by atoms with E-state index < -0.39 is 0 Å². The average molecular weight is 426 g/mol. The van der Waals surface area contributed by atoms with Gasteiger partial charge in [0.2, 0.25) is 0 Å². The Morgan fingerprint density at radius 3 is 2.63 bits per heavy atom. The molecule has 0 spiro atoms. The SMILES string of the molecule is CC(C)c1cccc2c1nc(COc1ccc(Cl)cc1)n2CCCC1CCNCC1. The lowest BCUT2D eigenvalue weighted by molar-refractivity contribution is 0.287. The Labute approximate surface area is 184 Å². The summed E-state index contributed by atoms with van der Waals surface area (Å²) in [6.45, 7) is 8.24. The van der Waals surface area contributed by atoms with Crippen LogP contribution in [0.5, 0.6) is 5.75 Å². The first-order chi connectivity index (χ1) is 14.6. The van der Waals surface area contributed by atoms with Gasteiger partial charge in [-0.25, -0.2) is 4.98 Å². The lowest BCUT2D eigenvalue weighted by Crippen LogP contribution is -2.27. The third-order valence-corrected chi connectivity index (χ3v) is 6.40. The van der Waals surface area contributed by atoms with Crippen LogP contribution < -0.4 is 10.1 Å². The third-order valence-electron chi connectivity index (χ3n) is 6.15. The molecule has 1 saturated heterocycles. The normalized spacial score (nSPS) is 15.2. The van der Waals surface area contributed by atoms with Crippen molar-refractivity contribution in [1.29, 1.82) is 0 Å². The van der Waals surface area contributed by atoms with Crippen molar-refractivity contribution in [3.05, 3.63) is 58.9 Å². The summed E-state index contributed by atoms with van der Waals surface area (Å²) in [7, 11) is 0. The number of rotatable bonds is 8. The van der Waals surface area contributed by atoms with Gasteiger partial charge in [0.1, 0.15) is 18.2 Å². The summed E-state index contributed by atoms with van der Waals surface area (Å²) < 4.78 is 8.44. The van der Waals surface area contributed by atoms with Gasteiger partial charge >= 0.3 is 0 Å². The molecule has 1 aliphatic rings. The molecule has 2 heterocycles. The molecule has 4 nitrogen and oxygen atoms in total. The summed E-state index contributed by atoms with van der Waals surface area (Å²) in [5, 5.41) is 4.18. The number of benzene rings is 2. The van der Waals surface area contributed by atoms with Crippen molar-refractivity contribution in [3.63, 3.8) is 0 Å². The first kappa shape index (κ1) is 21.2. The van der Waals surface area contributed by atoms with E-state index in [4.69, 9.17) is 21.3 Å². The predicted octanol–water partition coefficient (Wildman–Crippen LogP) is 6.17. The monoisotopic (exact) mass is 425 g/mol. The number of piperidine rings is 1. The molecular formula is C25H32ClN3O. The second-order valence-electron chi connectivity index (χ2n) is 8.63. The largest absolute Gasteiger partial charge is 0.486 e. The van der Waals surface area contributed by atoms with Gasteiger partial charge in [0.05, 0.1) is 11.0 Å². The molecule has 160 valence electrons. The fraction of sp³-hybridized carbons (Fsp3) is 0.480. The van der Waals surface area contributed by atoms with Crippen molar-refractivity contribution >= 4 is 22.6 Å². The highest BCUT2D eigenvalue weighted by Gasteiger charge is 2.17. The Balaban J connectivity index is 1.55. The third kappa shape index (κ3) is 4.98. The quantitative estimate of drug-likeness (QED) is 0.468. The van der Waals surface area contributed by atoms with E-state index in [0.29, 0.717) is 17.5 Å². The topological polar surface area (TPSA) is 39.1 Å². The number of halogens is 1. The second kappa shape index (κ2) is 9.84. The summed E-state index contributed by atoms with van der Waals surface area (Å²) in [4.78, 5) is 5.03. The number of para-hydroxylation sites is 1. The van der Waals surface area contributed by atoms with Crippen molar-refractivity contribution in [2.45, 2.75) is 58.6 Å². The molecule has 0 unspecified atom stereocenters. The van der Waals surface area contributed by atoms with Gasteiger partial charge in [-0.1, -0.05) is 37.6 Å². The van der Waals surface area contributed by atoms with Gasteiger partial charge in [-0.2, -0.15) is 0 Å². The highest BCUT2D eigenvalue weighted by atomic mass is 35.5. The first-order valence-electron chi connectivity index (χ1n) is 11.2. The van der Waals surface area contributed by atoms with Crippen LogP contribution in [0.25, 0.3) is 11.0 Å². The van der Waals surface area contributed by atoms with Gasteiger partial charge in [0, 0.05) is 11.6 Å². The number of imidazole rings is 1. The molecule has 0 saturated carbocycles. The van der Waals surface area contributed by atoms with Gasteiger partial charge in [-0.3, -0.25) is 0 Å². The second-order valence-corrected chi connectivity index (χ2v) is 9.06. The van der Waals surface area contributed by atoms with Crippen LogP contribution in [-0.4, -0.2) is 22.6 Å². The van der Waals surface area contributed by atoms with Crippen molar-refractivity contribution < 1.29 is 4.74 Å². The molecule has 2 aromatic carbocycles. The molecule has 0 atom stereocenters. The number of nitrogens with zero attached hydrogens (tertiary/aromatic N) is 2. The molecule has 4 rings (SSSR count). The number of ether oxygens (including phenoxy) is 1. The zero-order valence-electron chi connectivity index (χ0n) is 18.0. The van der Waals surface area contributed by atoms with E-state index in [1.54, 1.807) is 0 Å². The summed E-state index contributed by atoms with van der Waals surface area (Å²) in [5.41, 5.74) is 3.64. The minimum atomic E-state index is 0.442. The maximum absolute atomic E-state index is 6.06. The summed E-state index contributed by atoms with van der Waals surface area (Å²) in [6, 6.07) is 14.1. The van der Waals surface area contributed by atoms with Gasteiger partial charge < -0.3 is 14.6 Å². The standard InChI is InChI=1S/C25H32ClN3O/c1-18(2)22-6-3-7-23-25(22)28-24(17-30-21-10-8-20(26)9-11-21)29(23)16-4-5-19-12-14-27-15-13-19/h3,6-11,18-19,27H,4-5,12-17H2,1-2H3. The Bertz CT molecular complexity index is 958. The van der Waals surface area contributed by atoms with Gasteiger partial charge in [-0.15, -0.1) is 0 Å². The van der Waals surface area contributed by atoms with E-state index in [9.17, 15) is 0 Å². The van der Waals surface area contributed by atoms with Gasteiger partial charge in [-0.05, 0) is 86.5 Å². The van der Waals surface area contributed by atoms with Crippen molar-refractivity contribution in [3.8, 4) is 5.75 Å². The Hall–Kier alpha value is -2.04. The Kier molecular flexibility index (Phi) is 6.96. The van der Waals surface area contributed by atoms with E-state index in [2.05, 4.69) is 41.9 Å². The number of fused-ring (bicyclic) bond motifs is 1. The highest BCUT2D eigenvalue weighted by Crippen LogP contribution is 2.28. The average Bonchev–Trinajstić information content (AvgIpc) is 3.11. The molecular weight excluding hydrogens is 394 g/mol. The molecule has 0 aliphatic carbocycles. The lowest BCUT2D eigenvalue weighted by Gasteiger charge is -2.22. The van der Waals surface area contributed by atoms with E-state index in [1.165, 1.54) is 36.8 Å². The van der Waals surface area contributed by atoms with E-state index in [1.807, 2.05) is 24.3 Å². The summed E-state index contributed by atoms with van der Waals surface area (Å²) in [5.74, 6) is 3.10. The maximum Gasteiger partial charge on any atom is 0.148 e. The molecule has 0 radical (unpaired) electrons. The number of nitrogens with one attached hydrogen (secondary N) is 1.